The molecule has 1 aliphatic rings. The first-order valence-electron chi connectivity index (χ1n) is 14.7. The van der Waals surface area contributed by atoms with Crippen LogP contribution in [-0.2, 0) is 7.05 Å². The number of rotatable bonds is 4. The van der Waals surface area contributed by atoms with Crippen LogP contribution in [0.25, 0.3) is 22.2 Å². The number of carbonyl (C=O) groups excluding carboxylic acids is 1. The Bertz CT molecular complexity index is 1690. The second-order valence-electron chi connectivity index (χ2n) is 7.03. The number of hydrogen-bond donors (Lipinski definition) is 1. The summed E-state index contributed by atoms with van der Waals surface area (Å²) in [6.45, 7) is -4.96. The Morgan fingerprint density at radius 2 is 1.81 bits per heavy atom. The lowest BCUT2D eigenvalue weighted by Crippen LogP contribution is -2.30. The van der Waals surface area contributed by atoms with Crippen molar-refractivity contribution in [2.24, 2.45) is 7.05 Å². The van der Waals surface area contributed by atoms with Crippen molar-refractivity contribution in [2.45, 2.75) is 26.0 Å². The quantitative estimate of drug-likeness (QED) is 0.520. The molecule has 8 heteroatoms. The van der Waals surface area contributed by atoms with E-state index in [9.17, 15) is 4.79 Å². The number of hydrogen-bond acceptors (Lipinski definition) is 6. The summed E-state index contributed by atoms with van der Waals surface area (Å²) in [5, 5.41) is 4.04. The Labute approximate surface area is 200 Å². The van der Waals surface area contributed by atoms with E-state index in [1.807, 2.05) is 24.6 Å². The molecule has 0 aliphatic carbocycles. The number of nitrogens with zero attached hydrogens (tertiary/aromatic N) is 6. The van der Waals surface area contributed by atoms with Crippen LogP contribution in [0.2, 0.25) is 0 Å². The average Bonchev–Trinajstić information content (AvgIpc) is 3.25. The fourth-order valence-corrected chi connectivity index (χ4v) is 3.20. The third-order valence-electron chi connectivity index (χ3n) is 5.02. The van der Waals surface area contributed by atoms with Crippen LogP contribution >= 0.6 is 0 Å². The second kappa shape index (κ2) is 8.37. The molecule has 1 saturated heterocycles. The molecule has 4 aromatic heterocycles. The SMILES string of the molecule is [2H]C1([2H])N(c2cc(C(=O)Nc3cc4cc(-c5cnc(C)n5C)ncc4cn3)ccn2)C([2H])([2H])C([2H])([2H])C([2H])([2H])C1([2H])[2H]. The monoisotopic (exact) mass is 437 g/mol. The highest BCUT2D eigenvalue weighted by molar-refractivity contribution is 6.05. The van der Waals surface area contributed by atoms with Gasteiger partial charge in [-0.2, -0.15) is 0 Å². The number of carbonyl (C=O) groups is 1. The molecule has 0 radical (unpaired) electrons. The van der Waals surface area contributed by atoms with E-state index >= 15 is 0 Å². The third kappa shape index (κ3) is 3.91. The van der Waals surface area contributed by atoms with Gasteiger partial charge in [-0.05, 0) is 55.7 Å². The Morgan fingerprint density at radius 3 is 2.59 bits per heavy atom. The highest BCUT2D eigenvalue weighted by Gasteiger charge is 2.15. The summed E-state index contributed by atoms with van der Waals surface area (Å²) < 4.78 is 83.7. The zero-order valence-corrected chi connectivity index (χ0v) is 17.2. The first-order chi connectivity index (χ1) is 19.3. The van der Waals surface area contributed by atoms with Gasteiger partial charge in [0.1, 0.15) is 17.5 Å². The van der Waals surface area contributed by atoms with Crippen molar-refractivity contribution in [3.8, 4) is 11.4 Å². The van der Waals surface area contributed by atoms with Crippen LogP contribution < -0.4 is 10.2 Å². The van der Waals surface area contributed by atoms with Gasteiger partial charge in [-0.1, -0.05) is 0 Å². The average molecular weight is 438 g/mol. The first kappa shape index (κ1) is 11.7. The maximum Gasteiger partial charge on any atom is 0.257 e. The zero-order chi connectivity index (χ0) is 31.0. The smallest absolute Gasteiger partial charge is 0.257 e. The van der Waals surface area contributed by atoms with Crippen molar-refractivity contribution in [3.05, 3.63) is 60.4 Å². The summed E-state index contributed by atoms with van der Waals surface area (Å²) in [5.74, 6) is -0.368. The molecule has 4 aromatic rings. The first-order valence-corrected chi connectivity index (χ1v) is 9.67. The van der Waals surface area contributed by atoms with Crippen LogP contribution in [0.1, 0.15) is 49.0 Å². The molecule has 162 valence electrons. The molecule has 1 fully saturated rings. The van der Waals surface area contributed by atoms with Gasteiger partial charge in [0.25, 0.3) is 5.91 Å². The summed E-state index contributed by atoms with van der Waals surface area (Å²) in [6.07, 6.45) is -4.69. The summed E-state index contributed by atoms with van der Waals surface area (Å²) >= 11 is 0. The van der Waals surface area contributed by atoms with E-state index in [2.05, 4.69) is 25.3 Å². The van der Waals surface area contributed by atoms with Gasteiger partial charge in [0.15, 0.2) is 0 Å². The minimum atomic E-state index is -3.56. The molecule has 5 rings (SSSR count). The van der Waals surface area contributed by atoms with Crippen LogP contribution in [0, 0.1) is 6.92 Å². The molecular weight excluding hydrogens is 402 g/mol. The fraction of sp³-hybridized carbons (Fsp3) is 0.292. The van der Waals surface area contributed by atoms with Crippen LogP contribution in [0.4, 0.5) is 11.6 Å². The largest absolute Gasteiger partial charge is 0.357 e. The van der Waals surface area contributed by atoms with E-state index in [0.717, 1.165) is 23.8 Å². The van der Waals surface area contributed by atoms with Crippen molar-refractivity contribution in [3.63, 3.8) is 0 Å². The Morgan fingerprint density at radius 1 is 1.00 bits per heavy atom. The highest BCUT2D eigenvalue weighted by Crippen LogP contribution is 2.24. The molecule has 0 atom stereocenters. The van der Waals surface area contributed by atoms with Crippen LogP contribution in [0.15, 0.2) is 49.1 Å². The van der Waals surface area contributed by atoms with E-state index < -0.39 is 43.8 Å². The molecule has 8 nitrogen and oxygen atoms in total. The number of aromatic nitrogens is 5. The van der Waals surface area contributed by atoms with Crippen molar-refractivity contribution >= 4 is 28.3 Å². The predicted octanol–water partition coefficient (Wildman–Crippen LogP) is 3.98. The van der Waals surface area contributed by atoms with E-state index in [1.165, 1.54) is 12.3 Å². The molecule has 0 unspecified atom stereocenters. The number of anilines is 2. The van der Waals surface area contributed by atoms with Gasteiger partial charge in [-0.15, -0.1) is 0 Å². The fourth-order valence-electron chi connectivity index (χ4n) is 3.20. The number of aryl methyl sites for hydroxylation is 1. The van der Waals surface area contributed by atoms with E-state index in [-0.39, 0.29) is 16.3 Å². The van der Waals surface area contributed by atoms with Crippen molar-refractivity contribution in [1.82, 2.24) is 24.5 Å². The van der Waals surface area contributed by atoms with Gasteiger partial charge >= 0.3 is 0 Å². The lowest BCUT2D eigenvalue weighted by atomic mass is 10.1. The van der Waals surface area contributed by atoms with E-state index in [1.54, 1.807) is 18.5 Å². The Kier molecular flexibility index (Phi) is 3.06. The molecule has 0 bridgehead atoms. The third-order valence-corrected chi connectivity index (χ3v) is 5.02. The van der Waals surface area contributed by atoms with Crippen LogP contribution in [0.3, 0.4) is 0 Å². The molecule has 1 amide bonds. The van der Waals surface area contributed by atoms with Gasteiger partial charge in [0.2, 0.25) is 0 Å². The Balaban J connectivity index is 1.48. The van der Waals surface area contributed by atoms with Crippen molar-refractivity contribution in [1.29, 1.82) is 0 Å². The lowest BCUT2D eigenvalue weighted by molar-refractivity contribution is 0.102. The predicted molar refractivity (Wildman–Crippen MR) is 125 cm³/mol. The van der Waals surface area contributed by atoms with Crippen LogP contribution in [-0.4, -0.2) is 43.4 Å². The molecule has 0 aromatic carbocycles. The zero-order valence-electron chi connectivity index (χ0n) is 27.2. The molecule has 0 saturated carbocycles. The van der Waals surface area contributed by atoms with Gasteiger partial charge in [-0.3, -0.25) is 9.78 Å². The van der Waals surface area contributed by atoms with E-state index in [4.69, 9.17) is 13.7 Å². The molecule has 1 aliphatic heterocycles. The molecule has 5 heterocycles. The molecule has 1 N–H and O–H groups in total. The highest BCUT2D eigenvalue weighted by atomic mass is 16.1. The molecule has 0 spiro atoms. The summed E-state index contributed by atoms with van der Waals surface area (Å²) in [5.41, 5.74) is 1.31. The van der Waals surface area contributed by atoms with Crippen molar-refractivity contribution < 1.29 is 18.5 Å². The maximum atomic E-state index is 13.2. The van der Waals surface area contributed by atoms with Gasteiger partial charge in [0.05, 0.1) is 17.6 Å². The number of nitrogens with one attached hydrogen (secondary N) is 1. The number of piperidine rings is 1. The van der Waals surface area contributed by atoms with Crippen molar-refractivity contribution in [2.75, 3.05) is 23.2 Å². The lowest BCUT2D eigenvalue weighted by Gasteiger charge is -2.27. The molecular formula is C24H25N7O. The Hall–Kier alpha value is -3.81. The van der Waals surface area contributed by atoms with Crippen LogP contribution in [0.5, 0.6) is 0 Å². The topological polar surface area (TPSA) is 88.8 Å². The van der Waals surface area contributed by atoms with Gasteiger partial charge in [0, 0.05) is 63.3 Å². The van der Waals surface area contributed by atoms with Gasteiger partial charge < -0.3 is 14.8 Å². The number of amides is 1. The summed E-state index contributed by atoms with van der Waals surface area (Å²) in [7, 11) is 1.87. The number of imidazole rings is 1. The summed E-state index contributed by atoms with van der Waals surface area (Å²) in [4.78, 5) is 30.2. The van der Waals surface area contributed by atoms with E-state index in [0.29, 0.717) is 16.5 Å². The maximum absolute atomic E-state index is 13.2. The second-order valence-corrected chi connectivity index (χ2v) is 7.03. The number of fused-ring (bicyclic) bond motifs is 1. The normalized spacial score (nSPS) is 26.5. The number of pyridine rings is 3. The minimum Gasteiger partial charge on any atom is -0.357 e. The van der Waals surface area contributed by atoms with Gasteiger partial charge in [-0.25, -0.2) is 15.0 Å². The summed E-state index contributed by atoms with van der Waals surface area (Å²) in [6, 6.07) is 5.67. The minimum absolute atomic E-state index is 0.112. The molecule has 32 heavy (non-hydrogen) atoms. The standard InChI is InChI=1S/C24H25N7O/c1-16-26-15-21(30(16)2)20-10-18-11-22(28-14-19(18)13-27-20)29-24(32)17-6-7-25-23(12-17)31-8-4-3-5-9-31/h6-7,10-15H,3-5,8-9H2,1-2H3,(H,28,29,32)/i3D2,4D2,5D2,8D2,9D2.